The van der Waals surface area contributed by atoms with Gasteiger partial charge in [0.05, 0.1) is 24.4 Å². The predicted octanol–water partition coefficient (Wildman–Crippen LogP) is 20.8. The number of hydrogen-bond acceptors (Lipinski definition) is 12. The van der Waals surface area contributed by atoms with Crippen LogP contribution in [0.15, 0.2) is 84.7 Å². The maximum atomic E-state index is 13.2. The molecule has 3 aromatic rings. The molecule has 97 heavy (non-hydrogen) atoms. The van der Waals surface area contributed by atoms with E-state index in [0.29, 0.717) is 64.3 Å². The summed E-state index contributed by atoms with van der Waals surface area (Å²) < 4.78 is 112. The third-order valence-electron chi connectivity index (χ3n) is 18.0. The van der Waals surface area contributed by atoms with Gasteiger partial charge in [0.1, 0.15) is 17.6 Å². The molecule has 0 aliphatic carbocycles. The van der Waals surface area contributed by atoms with Gasteiger partial charge in [-0.25, -0.2) is 4.79 Å². The van der Waals surface area contributed by atoms with Crippen LogP contribution < -0.4 is 13.9 Å². The fourth-order valence-corrected chi connectivity index (χ4v) is 16.9. The Hall–Kier alpha value is -3.14. The maximum absolute atomic E-state index is 13.2. The van der Waals surface area contributed by atoms with Crippen LogP contribution in [0.3, 0.4) is 0 Å². The third-order valence-corrected chi connectivity index (χ3v) is 33.4. The molecule has 12 nitrogen and oxygen atoms in total. The first kappa shape index (κ1) is 88.1. The van der Waals surface area contributed by atoms with E-state index in [1.54, 1.807) is 26.0 Å². The first-order chi connectivity index (χ1) is 44.4. The average Bonchev–Trinajstić information content (AvgIpc) is 1.67. The molecule has 0 bridgehead atoms. The molecule has 0 radical (unpaired) electrons. The second-order valence-corrected chi connectivity index (χ2v) is 56.3. The number of esters is 2. The SMILES string of the molecule is C[C@H](/C=C1/OC(C)(C)O[C@H]1CCI)[C@H](C)O[Si](C)(C)C(C)(C)C.Cc1cc(OC(F)F)cc(/C=C/C[C@@H]2OC(C)(C)O[C@@H]2C(C)/C=C\[C@@H](C)[C@H](C)O[Si](C)(C)C(C)(C)C)c1C(=O)OCC[Si](C)(C)C.Cc1cc(OC(F)F)cc(C[Se]c2ccccc2)c1C(=O)OCC[Si](C)(C)C. The summed E-state index contributed by atoms with van der Waals surface area (Å²) in [4.78, 5) is 25.9. The average molecular weight is 1610 g/mol. The quantitative estimate of drug-likeness (QED) is 0.0157. The number of hydrogen-bond donors (Lipinski definition) is 0. The van der Waals surface area contributed by atoms with Gasteiger partial charge in [-0.1, -0.05) is 129 Å². The van der Waals surface area contributed by atoms with Crippen LogP contribution in [0, 0.1) is 31.6 Å². The third kappa shape index (κ3) is 30.8. The molecule has 0 aromatic heterocycles. The van der Waals surface area contributed by atoms with Crippen LogP contribution in [0.5, 0.6) is 11.5 Å². The van der Waals surface area contributed by atoms with Crippen LogP contribution in [-0.2, 0) is 42.6 Å². The first-order valence-electron chi connectivity index (χ1n) is 34.3. The van der Waals surface area contributed by atoms with Gasteiger partial charge in [0.15, 0.2) is 22.4 Å². The number of carbonyl (C=O) groups is 2. The summed E-state index contributed by atoms with van der Waals surface area (Å²) in [5, 5.41) is 0.966. The molecule has 2 fully saturated rings. The van der Waals surface area contributed by atoms with E-state index in [0.717, 1.165) is 28.7 Å². The van der Waals surface area contributed by atoms with Crippen LogP contribution in [0.25, 0.3) is 6.08 Å². The number of ether oxygens (including phenoxy) is 8. The summed E-state index contributed by atoms with van der Waals surface area (Å²) in [6.45, 7) is 52.9. The van der Waals surface area contributed by atoms with Crippen LogP contribution >= 0.6 is 22.6 Å². The van der Waals surface area contributed by atoms with Gasteiger partial charge in [-0.3, -0.25) is 0 Å². The summed E-state index contributed by atoms with van der Waals surface area (Å²) in [7, 11) is -6.36. The van der Waals surface area contributed by atoms with Gasteiger partial charge in [-0.15, -0.1) is 0 Å². The fourth-order valence-electron chi connectivity index (χ4n) is 10.0. The molecule has 2 saturated heterocycles. The number of benzene rings is 3. The van der Waals surface area contributed by atoms with Crippen molar-refractivity contribution in [3.63, 3.8) is 0 Å². The monoisotopic (exact) mass is 1610 g/mol. The van der Waals surface area contributed by atoms with Gasteiger partial charge in [-0.05, 0) is 125 Å². The summed E-state index contributed by atoms with van der Waals surface area (Å²) in [6.07, 6.45) is 11.6. The van der Waals surface area contributed by atoms with Crippen molar-refractivity contribution in [3.8, 4) is 11.5 Å². The number of carbonyl (C=O) groups excluding carboxylic acids is 2. The van der Waals surface area contributed by atoms with E-state index in [-0.39, 0.29) is 78.9 Å². The van der Waals surface area contributed by atoms with Crippen molar-refractivity contribution in [2.75, 3.05) is 17.6 Å². The van der Waals surface area contributed by atoms with Crippen molar-refractivity contribution in [1.82, 2.24) is 0 Å². The topological polar surface area (TPSA) is 126 Å². The van der Waals surface area contributed by atoms with Crippen molar-refractivity contribution in [2.45, 2.75) is 279 Å². The number of rotatable bonds is 30. The molecule has 2 heterocycles. The molecule has 2 aliphatic rings. The van der Waals surface area contributed by atoms with Crippen LogP contribution in [0.1, 0.15) is 160 Å². The molecule has 0 amide bonds. The second-order valence-electron chi connectivity index (χ2n) is 32.3. The molecule has 1 unspecified atom stereocenters. The van der Waals surface area contributed by atoms with E-state index in [4.69, 9.17) is 37.3 Å². The Kier molecular flexibility index (Phi) is 34.4. The van der Waals surface area contributed by atoms with Crippen molar-refractivity contribution >= 4 is 92.8 Å². The fraction of sp³-hybridized carbons (Fsp3) is 0.653. The van der Waals surface area contributed by atoms with Gasteiger partial charge in [-0.2, -0.15) is 8.78 Å². The Balaban J connectivity index is 0.000000409. The predicted molar refractivity (Wildman–Crippen MR) is 409 cm³/mol. The Morgan fingerprint density at radius 1 is 0.649 bits per heavy atom. The zero-order chi connectivity index (χ0) is 74.0. The molecule has 5 rings (SSSR count). The van der Waals surface area contributed by atoms with E-state index in [9.17, 15) is 27.2 Å². The molecule has 0 saturated carbocycles. The van der Waals surface area contributed by atoms with Gasteiger partial charge in [0, 0.05) is 50.4 Å². The molecule has 8 atom stereocenters. The molecule has 22 heteroatoms. The normalized spacial score (nSPS) is 19.6. The van der Waals surface area contributed by atoms with Gasteiger partial charge in [0.2, 0.25) is 5.79 Å². The first-order valence-corrected chi connectivity index (χ1v) is 51.1. The van der Waals surface area contributed by atoms with Gasteiger partial charge >= 0.3 is 185 Å². The minimum absolute atomic E-state index is 0.00935. The second kappa shape index (κ2) is 37.9. The Bertz CT molecular complexity index is 3050. The summed E-state index contributed by atoms with van der Waals surface area (Å²) in [6, 6.07) is 17.6. The van der Waals surface area contributed by atoms with E-state index in [2.05, 4.69) is 192 Å². The van der Waals surface area contributed by atoms with Crippen LogP contribution in [-0.4, -0.2) is 133 Å². The van der Waals surface area contributed by atoms with Crippen molar-refractivity contribution in [3.05, 3.63) is 118 Å². The van der Waals surface area contributed by atoms with Gasteiger partial charge < -0.3 is 37.3 Å². The van der Waals surface area contributed by atoms with E-state index >= 15 is 0 Å². The van der Waals surface area contributed by atoms with Gasteiger partial charge in [0.25, 0.3) is 0 Å². The molecular weight excluding hydrogens is 1490 g/mol. The number of halogens is 5. The van der Waals surface area contributed by atoms with Crippen molar-refractivity contribution in [1.29, 1.82) is 0 Å². The molecule has 550 valence electrons. The summed E-state index contributed by atoms with van der Waals surface area (Å²) in [5.74, 6) is -0.525. The molecule has 2 aliphatic heterocycles. The molecular formula is C75H121F4IO12SeSi4. The molecule has 3 aromatic carbocycles. The molecule has 0 spiro atoms. The summed E-state index contributed by atoms with van der Waals surface area (Å²) >= 11 is 2.45. The Labute approximate surface area is 606 Å². The van der Waals surface area contributed by atoms with Crippen molar-refractivity contribution < 1.29 is 73.9 Å². The summed E-state index contributed by atoms with van der Waals surface area (Å²) in [5.41, 5.74) is 3.06. The Morgan fingerprint density at radius 3 is 1.62 bits per heavy atom. The minimum atomic E-state index is -2.98. The van der Waals surface area contributed by atoms with E-state index in [1.807, 2.05) is 64.1 Å². The van der Waals surface area contributed by atoms with Crippen LogP contribution in [0.4, 0.5) is 17.6 Å². The number of alkyl halides is 5. The van der Waals surface area contributed by atoms with E-state index < -0.39 is 69.5 Å². The number of aryl methyl sites for hydroxylation is 2. The molecule has 0 N–H and O–H groups in total. The van der Waals surface area contributed by atoms with E-state index in [1.165, 1.54) is 22.7 Å². The standard InChI is InChI=1S/C36H60F2O6Si2.C21H26F2O3SeSi.C18H35IO3Si/c1-24(27(4)44-46(13,14)35(5,6)7)18-19-25(2)32-30(42-36(8,9)43-32)17-15-16-28-23-29(41-34(37)38)22-26(3)31(28)33(39)40-20-21-45(10,11)12;1-15-12-17(26-21(22)23)13-16(14-27-18-8-6-5-7-9-18)19(15)20(24)25-10-11-28(2,3)4;1-13(14(2)22-23(8,9)17(3,4)5)12-16-15(10-11-19)20-18(6,7)21-16/h15-16,18-19,22-25,27,30,32,34H,17,20-21H2,1-14H3;5-9,12-13,21H,10-11,14H2,1-4H3;12-15H,10-11H2,1-9H3/b16-15+,19-18-;;16-12+/t24-,25?,27+,30+,32-;;13-,14+,15+/m1.1/s1. The zero-order valence-corrected chi connectivity index (χ0v) is 71.6. The zero-order valence-electron chi connectivity index (χ0n) is 63.7. The van der Waals surface area contributed by atoms with Crippen LogP contribution in [0.2, 0.25) is 87.6 Å². The van der Waals surface area contributed by atoms with Crippen molar-refractivity contribution in [2.24, 2.45) is 17.8 Å². The Morgan fingerprint density at radius 2 is 1.13 bits per heavy atom.